The van der Waals surface area contributed by atoms with E-state index in [9.17, 15) is 9.59 Å². The molecule has 1 fully saturated rings. The number of carbonyl (C=O) groups is 2. The van der Waals surface area contributed by atoms with Crippen LogP contribution in [0.2, 0.25) is 0 Å². The maximum absolute atomic E-state index is 11.9. The van der Waals surface area contributed by atoms with E-state index in [0.29, 0.717) is 19.1 Å². The van der Waals surface area contributed by atoms with Crippen LogP contribution in [0, 0.1) is 0 Å². The summed E-state index contributed by atoms with van der Waals surface area (Å²) in [7, 11) is 1.82. The molecule has 0 aromatic rings. The van der Waals surface area contributed by atoms with Crippen molar-refractivity contribution in [2.24, 2.45) is 0 Å². The Morgan fingerprint density at radius 2 is 1.68 bits per heavy atom. The van der Waals surface area contributed by atoms with Crippen molar-refractivity contribution in [3.8, 4) is 0 Å². The molecule has 0 atom stereocenters. The summed E-state index contributed by atoms with van der Waals surface area (Å²) in [6, 6.07) is 0.347. The molecule has 110 valence electrons. The van der Waals surface area contributed by atoms with Gasteiger partial charge in [0.15, 0.2) is 0 Å². The lowest BCUT2D eigenvalue weighted by molar-refractivity contribution is -0.132. The number of hydrogen-bond donors (Lipinski definition) is 1. The highest BCUT2D eigenvalue weighted by atomic mass is 16.2. The minimum Gasteiger partial charge on any atom is -0.352 e. The first-order valence-electron chi connectivity index (χ1n) is 7.32. The van der Waals surface area contributed by atoms with Crippen molar-refractivity contribution in [3.05, 3.63) is 0 Å². The third kappa shape index (κ3) is 5.59. The summed E-state index contributed by atoms with van der Waals surface area (Å²) < 4.78 is 0. The molecule has 5 nitrogen and oxygen atoms in total. The number of likely N-dealkylation sites (N-methyl/N-ethyl adjacent to an activating group) is 2. The Morgan fingerprint density at radius 3 is 2.21 bits per heavy atom. The van der Waals surface area contributed by atoms with Gasteiger partial charge in [0.1, 0.15) is 0 Å². The van der Waals surface area contributed by atoms with Gasteiger partial charge in [0.05, 0.1) is 13.1 Å². The smallest absolute Gasteiger partial charge is 0.236 e. The fourth-order valence-corrected chi connectivity index (χ4v) is 2.55. The molecule has 0 unspecified atom stereocenters. The average Bonchev–Trinajstić information content (AvgIpc) is 2.82. The summed E-state index contributed by atoms with van der Waals surface area (Å²) in [6.45, 7) is 5.97. The van der Waals surface area contributed by atoms with Crippen LogP contribution in [0.25, 0.3) is 0 Å². The van der Waals surface area contributed by atoms with E-state index in [1.807, 2.05) is 20.9 Å². The molecule has 1 aliphatic rings. The van der Waals surface area contributed by atoms with Gasteiger partial charge in [-0.05, 0) is 33.7 Å². The van der Waals surface area contributed by atoms with Gasteiger partial charge >= 0.3 is 0 Å². The van der Waals surface area contributed by atoms with E-state index in [0.717, 1.165) is 25.9 Å². The lowest BCUT2D eigenvalue weighted by atomic mass is 10.2. The van der Waals surface area contributed by atoms with E-state index in [4.69, 9.17) is 0 Å². The molecule has 0 radical (unpaired) electrons. The fraction of sp³-hybridized carbons (Fsp3) is 0.857. The van der Waals surface area contributed by atoms with Crippen LogP contribution in [0.3, 0.4) is 0 Å². The van der Waals surface area contributed by atoms with Gasteiger partial charge in [-0.1, -0.05) is 12.8 Å². The molecule has 0 aromatic heterocycles. The number of hydrogen-bond acceptors (Lipinski definition) is 3. The average molecular weight is 269 g/mol. The minimum atomic E-state index is 0.0294. The predicted molar refractivity (Wildman–Crippen MR) is 75.8 cm³/mol. The molecule has 1 N–H and O–H groups in total. The maximum atomic E-state index is 11.9. The Kier molecular flexibility index (Phi) is 6.84. The molecule has 0 heterocycles. The third-order valence-electron chi connectivity index (χ3n) is 3.66. The number of carbonyl (C=O) groups excluding carboxylic acids is 2. The van der Waals surface area contributed by atoms with E-state index in [-0.39, 0.29) is 11.8 Å². The van der Waals surface area contributed by atoms with Crippen molar-refractivity contribution in [2.45, 2.75) is 45.6 Å². The molecular formula is C14H27N3O2. The van der Waals surface area contributed by atoms with Crippen LogP contribution in [-0.4, -0.2) is 60.9 Å². The molecule has 1 rings (SSSR count). The Hall–Kier alpha value is -1.10. The fourth-order valence-electron chi connectivity index (χ4n) is 2.55. The van der Waals surface area contributed by atoms with Crippen LogP contribution >= 0.6 is 0 Å². The molecule has 0 spiro atoms. The number of rotatable bonds is 7. The molecule has 2 amide bonds. The SMILES string of the molecule is CCN(CC)C(=O)CN(C)CC(=O)NC1CCCC1. The van der Waals surface area contributed by atoms with Crippen molar-refractivity contribution in [2.75, 3.05) is 33.2 Å². The summed E-state index contributed by atoms with van der Waals surface area (Å²) in [4.78, 5) is 27.3. The van der Waals surface area contributed by atoms with Crippen LogP contribution in [-0.2, 0) is 9.59 Å². The predicted octanol–water partition coefficient (Wildman–Crippen LogP) is 0.845. The van der Waals surface area contributed by atoms with Crippen molar-refractivity contribution in [1.29, 1.82) is 0 Å². The maximum Gasteiger partial charge on any atom is 0.236 e. The minimum absolute atomic E-state index is 0.0294. The number of nitrogens with one attached hydrogen (secondary N) is 1. The van der Waals surface area contributed by atoms with Crippen LogP contribution < -0.4 is 5.32 Å². The highest BCUT2D eigenvalue weighted by molar-refractivity contribution is 5.81. The van der Waals surface area contributed by atoms with E-state index >= 15 is 0 Å². The standard InChI is InChI=1S/C14H27N3O2/c1-4-17(5-2)14(19)11-16(3)10-13(18)15-12-8-6-7-9-12/h12H,4-11H2,1-3H3,(H,15,18). The molecule has 0 aliphatic heterocycles. The van der Waals surface area contributed by atoms with Crippen LogP contribution in [0.4, 0.5) is 0 Å². The first-order chi connectivity index (χ1) is 9.06. The molecule has 1 saturated carbocycles. The monoisotopic (exact) mass is 269 g/mol. The second kappa shape index (κ2) is 8.15. The largest absolute Gasteiger partial charge is 0.352 e. The van der Waals surface area contributed by atoms with Gasteiger partial charge in [-0.15, -0.1) is 0 Å². The molecule has 0 saturated heterocycles. The zero-order valence-electron chi connectivity index (χ0n) is 12.4. The molecule has 0 bridgehead atoms. The van der Waals surface area contributed by atoms with Crippen LogP contribution in [0.1, 0.15) is 39.5 Å². The van der Waals surface area contributed by atoms with Crippen LogP contribution in [0.15, 0.2) is 0 Å². The van der Waals surface area contributed by atoms with Crippen molar-refractivity contribution >= 4 is 11.8 Å². The molecule has 19 heavy (non-hydrogen) atoms. The van der Waals surface area contributed by atoms with Gasteiger partial charge in [0.2, 0.25) is 11.8 Å². The third-order valence-corrected chi connectivity index (χ3v) is 3.66. The molecular weight excluding hydrogens is 242 g/mol. The summed E-state index contributed by atoms with van der Waals surface area (Å²) in [5.41, 5.74) is 0. The van der Waals surface area contributed by atoms with Gasteiger partial charge in [-0.3, -0.25) is 14.5 Å². The highest BCUT2D eigenvalue weighted by Crippen LogP contribution is 2.17. The van der Waals surface area contributed by atoms with E-state index in [2.05, 4.69) is 5.32 Å². The van der Waals surface area contributed by atoms with Gasteiger partial charge < -0.3 is 10.2 Å². The quantitative estimate of drug-likeness (QED) is 0.745. The Balaban J connectivity index is 2.27. The van der Waals surface area contributed by atoms with Crippen molar-refractivity contribution < 1.29 is 9.59 Å². The second-order valence-corrected chi connectivity index (χ2v) is 5.29. The normalized spacial score (nSPS) is 15.8. The summed E-state index contributed by atoms with van der Waals surface area (Å²) in [5, 5.41) is 3.03. The summed E-state index contributed by atoms with van der Waals surface area (Å²) in [5.74, 6) is 0.114. The van der Waals surface area contributed by atoms with Crippen LogP contribution in [0.5, 0.6) is 0 Å². The summed E-state index contributed by atoms with van der Waals surface area (Å²) in [6.07, 6.45) is 4.60. The lowest BCUT2D eigenvalue weighted by Gasteiger charge is -2.23. The molecule has 5 heteroatoms. The lowest BCUT2D eigenvalue weighted by Crippen LogP contribution is -2.44. The van der Waals surface area contributed by atoms with E-state index in [1.165, 1.54) is 12.8 Å². The summed E-state index contributed by atoms with van der Waals surface area (Å²) >= 11 is 0. The zero-order valence-corrected chi connectivity index (χ0v) is 12.4. The first kappa shape index (κ1) is 16.0. The second-order valence-electron chi connectivity index (χ2n) is 5.29. The molecule has 0 aromatic carbocycles. The molecule has 1 aliphatic carbocycles. The first-order valence-corrected chi connectivity index (χ1v) is 7.32. The Morgan fingerprint density at radius 1 is 1.11 bits per heavy atom. The van der Waals surface area contributed by atoms with E-state index < -0.39 is 0 Å². The van der Waals surface area contributed by atoms with Gasteiger partial charge in [0.25, 0.3) is 0 Å². The number of nitrogens with zero attached hydrogens (tertiary/aromatic N) is 2. The van der Waals surface area contributed by atoms with E-state index in [1.54, 1.807) is 9.80 Å². The van der Waals surface area contributed by atoms with Gasteiger partial charge in [-0.25, -0.2) is 0 Å². The van der Waals surface area contributed by atoms with Crippen molar-refractivity contribution in [3.63, 3.8) is 0 Å². The topological polar surface area (TPSA) is 52.7 Å². The zero-order chi connectivity index (χ0) is 14.3. The number of amides is 2. The van der Waals surface area contributed by atoms with Gasteiger partial charge in [-0.2, -0.15) is 0 Å². The highest BCUT2D eigenvalue weighted by Gasteiger charge is 2.19. The Labute approximate surface area is 116 Å². The van der Waals surface area contributed by atoms with Crippen molar-refractivity contribution in [1.82, 2.24) is 15.1 Å². The Bertz CT molecular complexity index is 297. The van der Waals surface area contributed by atoms with Gasteiger partial charge in [0, 0.05) is 19.1 Å².